The number of thioether (sulfide) groups is 1. The number of rotatable bonds is 4. The average molecular weight is 365 g/mol. The largest absolute Gasteiger partial charge is 0.331 e. The Morgan fingerprint density at radius 1 is 1.10 bits per heavy atom. The number of benzene rings is 2. The lowest BCUT2D eigenvalue weighted by atomic mass is 10.1. The molecule has 1 unspecified atom stereocenters. The molecule has 0 aromatic heterocycles. The van der Waals surface area contributed by atoms with E-state index in [-0.39, 0.29) is 12.1 Å². The minimum Gasteiger partial charge on any atom is -0.331 e. The Labute approximate surface area is 137 Å². The van der Waals surface area contributed by atoms with Gasteiger partial charge in [0.15, 0.2) is 0 Å². The molecule has 0 aliphatic carbocycles. The van der Waals surface area contributed by atoms with Gasteiger partial charge in [0.05, 0.1) is 6.04 Å². The van der Waals surface area contributed by atoms with Gasteiger partial charge in [-0.3, -0.25) is 0 Å². The highest BCUT2D eigenvalue weighted by Crippen LogP contribution is 2.18. The molecule has 21 heavy (non-hydrogen) atoms. The number of nitrogens with one attached hydrogen (secondary N) is 2. The zero-order chi connectivity index (χ0) is 15.2. The van der Waals surface area contributed by atoms with Crippen molar-refractivity contribution in [3.8, 4) is 0 Å². The van der Waals surface area contributed by atoms with Crippen molar-refractivity contribution in [2.45, 2.75) is 17.9 Å². The molecule has 2 rings (SSSR count). The number of halogens is 1. The van der Waals surface area contributed by atoms with Gasteiger partial charge in [0.1, 0.15) is 0 Å². The summed E-state index contributed by atoms with van der Waals surface area (Å²) in [4.78, 5) is 13.2. The second kappa shape index (κ2) is 7.52. The summed E-state index contributed by atoms with van der Waals surface area (Å²) in [7, 11) is 0. The van der Waals surface area contributed by atoms with E-state index in [1.165, 1.54) is 4.90 Å². The van der Waals surface area contributed by atoms with Crippen molar-refractivity contribution >= 4 is 39.4 Å². The van der Waals surface area contributed by atoms with Crippen LogP contribution in [0.25, 0.3) is 0 Å². The summed E-state index contributed by atoms with van der Waals surface area (Å²) in [5.41, 5.74) is 1.85. The van der Waals surface area contributed by atoms with Crippen molar-refractivity contribution < 1.29 is 4.79 Å². The maximum atomic E-state index is 12.0. The van der Waals surface area contributed by atoms with Crippen molar-refractivity contribution in [3.05, 3.63) is 58.6 Å². The molecule has 3 nitrogen and oxygen atoms in total. The minimum atomic E-state index is -0.206. The van der Waals surface area contributed by atoms with Crippen LogP contribution in [0, 0.1) is 0 Å². The lowest BCUT2D eigenvalue weighted by Gasteiger charge is -2.15. The number of carbonyl (C=O) groups is 1. The maximum absolute atomic E-state index is 12.0. The summed E-state index contributed by atoms with van der Waals surface area (Å²) >= 11 is 5.07. The quantitative estimate of drug-likeness (QED) is 0.744. The molecule has 0 aliphatic rings. The number of urea groups is 1. The number of carbonyl (C=O) groups excluding carboxylic acids is 1. The van der Waals surface area contributed by atoms with Crippen LogP contribution in [0.5, 0.6) is 0 Å². The first-order valence-electron chi connectivity index (χ1n) is 6.55. The molecule has 5 heteroatoms. The summed E-state index contributed by atoms with van der Waals surface area (Å²) < 4.78 is 1.02. The van der Waals surface area contributed by atoms with Gasteiger partial charge in [-0.1, -0.05) is 28.1 Å². The van der Waals surface area contributed by atoms with Crippen LogP contribution in [0.15, 0.2) is 57.9 Å². The van der Waals surface area contributed by atoms with Gasteiger partial charge in [-0.2, -0.15) is 0 Å². The van der Waals surface area contributed by atoms with Crippen LogP contribution in [0.4, 0.5) is 10.5 Å². The van der Waals surface area contributed by atoms with Crippen LogP contribution >= 0.6 is 27.7 Å². The van der Waals surface area contributed by atoms with E-state index in [9.17, 15) is 4.79 Å². The molecule has 0 fully saturated rings. The van der Waals surface area contributed by atoms with Crippen LogP contribution in [-0.4, -0.2) is 12.3 Å². The van der Waals surface area contributed by atoms with Gasteiger partial charge in [0, 0.05) is 15.1 Å². The Morgan fingerprint density at radius 3 is 2.29 bits per heavy atom. The molecule has 2 aromatic rings. The molecule has 2 amide bonds. The van der Waals surface area contributed by atoms with E-state index in [1.54, 1.807) is 11.8 Å². The third-order valence-corrected chi connectivity index (χ3v) is 4.34. The average Bonchev–Trinajstić information content (AvgIpc) is 2.48. The molecule has 2 N–H and O–H groups in total. The standard InChI is InChI=1S/C16H17BrN2OS/c1-11(12-3-5-13(17)6-4-12)18-16(20)19-14-7-9-15(21-2)10-8-14/h3-11H,1-2H3,(H2,18,19,20). The fraction of sp³-hybridized carbons (Fsp3) is 0.188. The Morgan fingerprint density at radius 2 is 1.71 bits per heavy atom. The normalized spacial score (nSPS) is 11.8. The topological polar surface area (TPSA) is 41.1 Å². The Bertz CT molecular complexity index is 599. The van der Waals surface area contributed by atoms with Gasteiger partial charge in [-0.15, -0.1) is 11.8 Å². The van der Waals surface area contributed by atoms with Gasteiger partial charge in [-0.05, 0) is 55.1 Å². The van der Waals surface area contributed by atoms with E-state index in [1.807, 2.05) is 61.7 Å². The molecule has 110 valence electrons. The fourth-order valence-electron chi connectivity index (χ4n) is 1.87. The van der Waals surface area contributed by atoms with Crippen LogP contribution in [0.3, 0.4) is 0 Å². The van der Waals surface area contributed by atoms with Crippen molar-refractivity contribution in [3.63, 3.8) is 0 Å². The number of hydrogen-bond acceptors (Lipinski definition) is 2. The highest BCUT2D eigenvalue weighted by Gasteiger charge is 2.09. The third-order valence-electron chi connectivity index (χ3n) is 3.07. The first-order valence-corrected chi connectivity index (χ1v) is 8.57. The monoisotopic (exact) mass is 364 g/mol. The predicted octanol–water partition coefficient (Wildman–Crippen LogP) is 5.05. The second-order valence-corrected chi connectivity index (χ2v) is 6.40. The SMILES string of the molecule is CSc1ccc(NC(=O)NC(C)c2ccc(Br)cc2)cc1. The van der Waals surface area contributed by atoms with Gasteiger partial charge in [0.2, 0.25) is 0 Å². The maximum Gasteiger partial charge on any atom is 0.319 e. The van der Waals surface area contributed by atoms with Gasteiger partial charge >= 0.3 is 6.03 Å². The zero-order valence-electron chi connectivity index (χ0n) is 11.9. The molecular weight excluding hydrogens is 348 g/mol. The molecular formula is C16H17BrN2OS. The first kappa shape index (κ1) is 15.9. The molecule has 0 spiro atoms. The van der Waals surface area contributed by atoms with Crippen LogP contribution in [0.2, 0.25) is 0 Å². The predicted molar refractivity (Wildman–Crippen MR) is 92.9 cm³/mol. The van der Waals surface area contributed by atoms with E-state index in [4.69, 9.17) is 0 Å². The third kappa shape index (κ3) is 4.79. The van der Waals surface area contributed by atoms with Crippen LogP contribution < -0.4 is 10.6 Å². The second-order valence-electron chi connectivity index (χ2n) is 4.60. The molecule has 0 saturated carbocycles. The van der Waals surface area contributed by atoms with E-state index in [2.05, 4.69) is 26.6 Å². The van der Waals surface area contributed by atoms with Crippen molar-refractivity contribution in [1.82, 2.24) is 5.32 Å². The summed E-state index contributed by atoms with van der Waals surface area (Å²) in [6.45, 7) is 1.96. The van der Waals surface area contributed by atoms with E-state index in [0.29, 0.717) is 0 Å². The van der Waals surface area contributed by atoms with Crippen molar-refractivity contribution in [2.75, 3.05) is 11.6 Å². The number of hydrogen-bond donors (Lipinski definition) is 2. The Kier molecular flexibility index (Phi) is 5.70. The molecule has 0 heterocycles. The summed E-state index contributed by atoms with van der Waals surface area (Å²) in [5.74, 6) is 0. The summed E-state index contributed by atoms with van der Waals surface area (Å²) in [6, 6.07) is 15.4. The molecule has 1 atom stereocenters. The van der Waals surface area contributed by atoms with Crippen molar-refractivity contribution in [1.29, 1.82) is 0 Å². The lowest BCUT2D eigenvalue weighted by Crippen LogP contribution is -2.31. The molecule has 0 aliphatic heterocycles. The molecule has 2 aromatic carbocycles. The highest BCUT2D eigenvalue weighted by molar-refractivity contribution is 9.10. The zero-order valence-corrected chi connectivity index (χ0v) is 14.3. The van der Waals surface area contributed by atoms with Crippen LogP contribution in [-0.2, 0) is 0 Å². The smallest absolute Gasteiger partial charge is 0.319 e. The Balaban J connectivity index is 1.92. The molecule has 0 saturated heterocycles. The summed E-state index contributed by atoms with van der Waals surface area (Å²) in [6.07, 6.45) is 2.02. The van der Waals surface area contributed by atoms with E-state index < -0.39 is 0 Å². The highest BCUT2D eigenvalue weighted by atomic mass is 79.9. The van der Waals surface area contributed by atoms with Gasteiger partial charge < -0.3 is 10.6 Å². The summed E-state index contributed by atoms with van der Waals surface area (Å²) in [5, 5.41) is 5.76. The first-order chi connectivity index (χ1) is 10.1. The van der Waals surface area contributed by atoms with Crippen molar-refractivity contribution in [2.24, 2.45) is 0 Å². The van der Waals surface area contributed by atoms with E-state index in [0.717, 1.165) is 15.7 Å². The number of anilines is 1. The Hall–Kier alpha value is -1.46. The van der Waals surface area contributed by atoms with E-state index >= 15 is 0 Å². The molecule has 0 bridgehead atoms. The number of amides is 2. The fourth-order valence-corrected chi connectivity index (χ4v) is 2.55. The minimum absolute atomic E-state index is 0.0522. The lowest BCUT2D eigenvalue weighted by molar-refractivity contribution is 0.249. The van der Waals surface area contributed by atoms with Crippen LogP contribution in [0.1, 0.15) is 18.5 Å². The van der Waals surface area contributed by atoms with Gasteiger partial charge in [-0.25, -0.2) is 4.79 Å². The van der Waals surface area contributed by atoms with Gasteiger partial charge in [0.25, 0.3) is 0 Å². The molecule has 0 radical (unpaired) electrons.